The van der Waals surface area contributed by atoms with E-state index in [0.717, 1.165) is 22.8 Å². The van der Waals surface area contributed by atoms with Crippen LogP contribution < -0.4 is 5.32 Å². The fourth-order valence-electron chi connectivity index (χ4n) is 4.37. The van der Waals surface area contributed by atoms with Gasteiger partial charge in [0.15, 0.2) is 0 Å². The summed E-state index contributed by atoms with van der Waals surface area (Å²) in [6.45, 7) is 2.14. The Kier molecular flexibility index (Phi) is 3.86. The Hall–Kier alpha value is -0.530. The van der Waals surface area contributed by atoms with Crippen LogP contribution in [-0.4, -0.2) is 7.05 Å². The van der Waals surface area contributed by atoms with Gasteiger partial charge in [-0.2, -0.15) is 0 Å². The predicted octanol–water partition coefficient (Wildman–Crippen LogP) is 4.74. The van der Waals surface area contributed by atoms with Gasteiger partial charge in [-0.3, -0.25) is 0 Å². The molecule has 2 fully saturated rings. The molecule has 0 spiro atoms. The SMILES string of the molecule is CNC(CC1CC2CCC1C2)c1cccc(Cl)c1C. The maximum atomic E-state index is 6.27. The summed E-state index contributed by atoms with van der Waals surface area (Å²) < 4.78 is 0. The van der Waals surface area contributed by atoms with Crippen LogP contribution in [0.2, 0.25) is 5.02 Å². The highest BCUT2D eigenvalue weighted by Crippen LogP contribution is 2.51. The van der Waals surface area contributed by atoms with Crippen LogP contribution in [0.1, 0.15) is 49.3 Å². The number of nitrogens with one attached hydrogen (secondary N) is 1. The van der Waals surface area contributed by atoms with Crippen LogP contribution in [0.5, 0.6) is 0 Å². The number of fused-ring (bicyclic) bond motifs is 2. The molecule has 1 N–H and O–H groups in total. The minimum absolute atomic E-state index is 0.461. The molecule has 3 rings (SSSR count). The first-order valence-corrected chi connectivity index (χ1v) is 7.99. The quantitative estimate of drug-likeness (QED) is 0.839. The molecule has 0 amide bonds. The third-order valence-electron chi connectivity index (χ3n) is 5.46. The Morgan fingerprint density at radius 2 is 2.16 bits per heavy atom. The molecule has 1 aromatic rings. The lowest BCUT2D eigenvalue weighted by atomic mass is 9.82. The number of benzene rings is 1. The van der Waals surface area contributed by atoms with Crippen molar-refractivity contribution in [1.82, 2.24) is 5.32 Å². The number of hydrogen-bond acceptors (Lipinski definition) is 1. The zero-order valence-electron chi connectivity index (χ0n) is 12.0. The fourth-order valence-corrected chi connectivity index (χ4v) is 4.55. The highest BCUT2D eigenvalue weighted by atomic mass is 35.5. The molecular formula is C17H24ClN. The van der Waals surface area contributed by atoms with Crippen LogP contribution in [0.25, 0.3) is 0 Å². The first-order chi connectivity index (χ1) is 9.19. The van der Waals surface area contributed by atoms with Crippen molar-refractivity contribution in [3.8, 4) is 0 Å². The van der Waals surface area contributed by atoms with Gasteiger partial charge < -0.3 is 5.32 Å². The van der Waals surface area contributed by atoms with Gasteiger partial charge in [-0.05, 0) is 74.6 Å². The van der Waals surface area contributed by atoms with Crippen LogP contribution >= 0.6 is 11.6 Å². The number of rotatable bonds is 4. The normalized spacial score (nSPS) is 30.8. The molecule has 4 unspecified atom stereocenters. The van der Waals surface area contributed by atoms with Crippen molar-refractivity contribution in [3.63, 3.8) is 0 Å². The van der Waals surface area contributed by atoms with Crippen molar-refractivity contribution < 1.29 is 0 Å². The van der Waals surface area contributed by atoms with Crippen molar-refractivity contribution >= 4 is 11.6 Å². The lowest BCUT2D eigenvalue weighted by Gasteiger charge is -2.28. The number of hydrogen-bond donors (Lipinski definition) is 1. The molecule has 1 aromatic carbocycles. The molecule has 0 saturated heterocycles. The van der Waals surface area contributed by atoms with Gasteiger partial charge in [0.25, 0.3) is 0 Å². The minimum Gasteiger partial charge on any atom is -0.313 e. The summed E-state index contributed by atoms with van der Waals surface area (Å²) in [5.41, 5.74) is 2.63. The molecule has 2 heteroatoms. The lowest BCUT2D eigenvalue weighted by Crippen LogP contribution is -2.23. The second-order valence-corrected chi connectivity index (χ2v) is 6.87. The predicted molar refractivity (Wildman–Crippen MR) is 81.5 cm³/mol. The monoisotopic (exact) mass is 277 g/mol. The van der Waals surface area contributed by atoms with E-state index in [0.29, 0.717) is 6.04 Å². The summed E-state index contributed by atoms with van der Waals surface area (Å²) in [6.07, 6.45) is 7.19. The van der Waals surface area contributed by atoms with Crippen LogP contribution in [-0.2, 0) is 0 Å². The van der Waals surface area contributed by atoms with Crippen molar-refractivity contribution in [3.05, 3.63) is 34.3 Å². The molecule has 0 aromatic heterocycles. The summed E-state index contributed by atoms with van der Waals surface area (Å²) in [4.78, 5) is 0. The minimum atomic E-state index is 0.461. The standard InChI is InChI=1S/C17H24ClN/c1-11-15(4-3-5-16(11)18)17(19-2)10-14-9-12-6-7-13(14)8-12/h3-5,12-14,17,19H,6-10H2,1-2H3. The molecule has 2 aliphatic carbocycles. The van der Waals surface area contributed by atoms with E-state index in [9.17, 15) is 0 Å². The molecule has 4 atom stereocenters. The molecule has 2 saturated carbocycles. The van der Waals surface area contributed by atoms with Gasteiger partial charge in [-0.15, -0.1) is 0 Å². The maximum absolute atomic E-state index is 6.27. The van der Waals surface area contributed by atoms with Gasteiger partial charge >= 0.3 is 0 Å². The average molecular weight is 278 g/mol. The fraction of sp³-hybridized carbons (Fsp3) is 0.647. The van der Waals surface area contributed by atoms with Gasteiger partial charge in [-0.1, -0.05) is 30.2 Å². The van der Waals surface area contributed by atoms with Gasteiger partial charge in [0.05, 0.1) is 0 Å². The van der Waals surface area contributed by atoms with E-state index in [-0.39, 0.29) is 0 Å². The molecule has 2 aliphatic rings. The van der Waals surface area contributed by atoms with Gasteiger partial charge in [0, 0.05) is 11.1 Å². The highest BCUT2D eigenvalue weighted by molar-refractivity contribution is 6.31. The molecule has 104 valence electrons. The first kappa shape index (κ1) is 13.5. The van der Waals surface area contributed by atoms with E-state index in [1.165, 1.54) is 43.2 Å². The maximum Gasteiger partial charge on any atom is 0.0438 e. The Bertz CT molecular complexity index is 457. The topological polar surface area (TPSA) is 12.0 Å². The Morgan fingerprint density at radius 1 is 1.32 bits per heavy atom. The smallest absolute Gasteiger partial charge is 0.0438 e. The third-order valence-corrected chi connectivity index (χ3v) is 5.87. The largest absolute Gasteiger partial charge is 0.313 e. The highest BCUT2D eigenvalue weighted by Gasteiger charge is 2.40. The van der Waals surface area contributed by atoms with Crippen LogP contribution in [0, 0.1) is 24.7 Å². The second-order valence-electron chi connectivity index (χ2n) is 6.47. The van der Waals surface area contributed by atoms with Gasteiger partial charge in [-0.25, -0.2) is 0 Å². The Balaban J connectivity index is 1.75. The van der Waals surface area contributed by atoms with E-state index in [2.05, 4.69) is 31.4 Å². The zero-order valence-corrected chi connectivity index (χ0v) is 12.7. The average Bonchev–Trinajstić information content (AvgIpc) is 3.02. The molecule has 1 nitrogen and oxygen atoms in total. The summed E-state index contributed by atoms with van der Waals surface area (Å²) in [5.74, 6) is 2.96. The summed E-state index contributed by atoms with van der Waals surface area (Å²) >= 11 is 6.27. The van der Waals surface area contributed by atoms with E-state index < -0.39 is 0 Å². The molecule has 0 aliphatic heterocycles. The molecule has 0 heterocycles. The summed E-state index contributed by atoms with van der Waals surface area (Å²) in [5, 5.41) is 4.41. The van der Waals surface area contributed by atoms with E-state index in [4.69, 9.17) is 11.6 Å². The lowest BCUT2D eigenvalue weighted by molar-refractivity contribution is 0.284. The van der Waals surface area contributed by atoms with E-state index >= 15 is 0 Å². The summed E-state index contributed by atoms with van der Waals surface area (Å²) in [6, 6.07) is 6.76. The van der Waals surface area contributed by atoms with Crippen LogP contribution in [0.3, 0.4) is 0 Å². The zero-order chi connectivity index (χ0) is 13.4. The van der Waals surface area contributed by atoms with Crippen molar-refractivity contribution in [2.75, 3.05) is 7.05 Å². The summed E-state index contributed by atoms with van der Waals surface area (Å²) in [7, 11) is 2.08. The second kappa shape index (κ2) is 5.46. The van der Waals surface area contributed by atoms with Crippen molar-refractivity contribution in [1.29, 1.82) is 0 Å². The Morgan fingerprint density at radius 3 is 2.79 bits per heavy atom. The van der Waals surface area contributed by atoms with E-state index in [1.807, 2.05) is 6.07 Å². The van der Waals surface area contributed by atoms with Crippen molar-refractivity contribution in [2.24, 2.45) is 17.8 Å². The van der Waals surface area contributed by atoms with E-state index in [1.54, 1.807) is 0 Å². The van der Waals surface area contributed by atoms with Gasteiger partial charge in [0.1, 0.15) is 0 Å². The molecule has 0 radical (unpaired) electrons. The van der Waals surface area contributed by atoms with Crippen molar-refractivity contribution in [2.45, 2.75) is 45.1 Å². The first-order valence-electron chi connectivity index (χ1n) is 7.61. The Labute approximate surface area is 121 Å². The number of halogens is 1. The molecule has 19 heavy (non-hydrogen) atoms. The third kappa shape index (κ3) is 2.55. The van der Waals surface area contributed by atoms with Crippen LogP contribution in [0.4, 0.5) is 0 Å². The van der Waals surface area contributed by atoms with Gasteiger partial charge in [0.2, 0.25) is 0 Å². The molecular weight excluding hydrogens is 254 g/mol. The molecule has 2 bridgehead atoms. The van der Waals surface area contributed by atoms with Crippen LogP contribution in [0.15, 0.2) is 18.2 Å².